The lowest BCUT2D eigenvalue weighted by molar-refractivity contribution is 0.299. The van der Waals surface area contributed by atoms with Gasteiger partial charge in [-0.05, 0) is 36.6 Å². The lowest BCUT2D eigenvalue weighted by atomic mass is 9.99. The minimum Gasteiger partial charge on any atom is -0.386 e. The van der Waals surface area contributed by atoms with E-state index in [0.29, 0.717) is 0 Å². The Hall–Kier alpha value is -2.53. The van der Waals surface area contributed by atoms with E-state index in [9.17, 15) is 0 Å². The van der Waals surface area contributed by atoms with Crippen molar-refractivity contribution in [3.8, 4) is 0 Å². The van der Waals surface area contributed by atoms with Crippen molar-refractivity contribution < 1.29 is 0 Å². The first kappa shape index (κ1) is 19.2. The van der Waals surface area contributed by atoms with Crippen molar-refractivity contribution in [2.45, 2.75) is 20.3 Å². The highest BCUT2D eigenvalue weighted by Gasteiger charge is 2.18. The van der Waals surface area contributed by atoms with Crippen molar-refractivity contribution in [3.05, 3.63) is 71.4 Å². The number of hydrogen-bond acceptors (Lipinski definition) is 5. The molecule has 0 aromatic rings. The maximum atomic E-state index is 4.59. The maximum Gasteiger partial charge on any atom is 0.0737 e. The van der Waals surface area contributed by atoms with Crippen LogP contribution in [0.25, 0.3) is 0 Å². The Morgan fingerprint density at radius 3 is 2.89 bits per heavy atom. The van der Waals surface area contributed by atoms with Crippen molar-refractivity contribution in [1.82, 2.24) is 20.9 Å². The van der Waals surface area contributed by atoms with Crippen molar-refractivity contribution in [2.24, 2.45) is 4.99 Å². The molecule has 1 saturated heterocycles. The Labute approximate surface area is 163 Å². The third kappa shape index (κ3) is 5.23. The van der Waals surface area contributed by atoms with E-state index in [4.69, 9.17) is 0 Å². The van der Waals surface area contributed by atoms with Gasteiger partial charge in [0.1, 0.15) is 0 Å². The Balaban J connectivity index is 1.68. The summed E-state index contributed by atoms with van der Waals surface area (Å²) in [6, 6.07) is 0. The first-order valence-electron chi connectivity index (χ1n) is 9.93. The molecule has 27 heavy (non-hydrogen) atoms. The molecule has 0 spiro atoms. The van der Waals surface area contributed by atoms with Crippen LogP contribution in [0.1, 0.15) is 20.3 Å². The SMILES string of the molecule is C\C=C/N=C1\C=C(CNC2=CNCC=C2N2CCNCC2)C=C\C1=C/CC. The topological polar surface area (TPSA) is 51.7 Å². The molecule has 0 bridgehead atoms. The molecule has 3 rings (SSSR count). The summed E-state index contributed by atoms with van der Waals surface area (Å²) < 4.78 is 0. The highest BCUT2D eigenvalue weighted by atomic mass is 15.2. The summed E-state index contributed by atoms with van der Waals surface area (Å²) in [5.74, 6) is 0. The van der Waals surface area contributed by atoms with E-state index in [1.165, 1.54) is 22.5 Å². The molecule has 0 radical (unpaired) electrons. The highest BCUT2D eigenvalue weighted by molar-refractivity contribution is 6.12. The second-order valence-electron chi connectivity index (χ2n) is 6.76. The molecule has 3 aliphatic rings. The van der Waals surface area contributed by atoms with E-state index in [0.717, 1.165) is 51.4 Å². The molecule has 0 amide bonds. The molecule has 0 saturated carbocycles. The van der Waals surface area contributed by atoms with Gasteiger partial charge in [-0.15, -0.1) is 0 Å². The van der Waals surface area contributed by atoms with Crippen LogP contribution in [0.4, 0.5) is 0 Å². The van der Waals surface area contributed by atoms with E-state index in [1.807, 2.05) is 19.2 Å². The molecule has 2 aliphatic heterocycles. The Morgan fingerprint density at radius 2 is 2.11 bits per heavy atom. The second kappa shape index (κ2) is 9.97. The summed E-state index contributed by atoms with van der Waals surface area (Å²) in [7, 11) is 0. The number of nitrogens with zero attached hydrogens (tertiary/aromatic N) is 2. The summed E-state index contributed by atoms with van der Waals surface area (Å²) in [4.78, 5) is 7.05. The lowest BCUT2D eigenvalue weighted by Crippen LogP contribution is -2.45. The zero-order chi connectivity index (χ0) is 18.9. The third-order valence-corrected chi connectivity index (χ3v) is 4.76. The Bertz CT molecular complexity index is 728. The summed E-state index contributed by atoms with van der Waals surface area (Å²) >= 11 is 0. The van der Waals surface area contributed by atoms with Crippen molar-refractivity contribution in [2.75, 3.05) is 39.3 Å². The Morgan fingerprint density at radius 1 is 1.26 bits per heavy atom. The van der Waals surface area contributed by atoms with Crippen LogP contribution in [0.5, 0.6) is 0 Å². The molecule has 0 unspecified atom stereocenters. The van der Waals surface area contributed by atoms with Crippen LogP contribution in [0.3, 0.4) is 0 Å². The van der Waals surface area contributed by atoms with Crippen molar-refractivity contribution in [3.63, 3.8) is 0 Å². The number of dihydropyridines is 1. The summed E-state index contributed by atoms with van der Waals surface area (Å²) in [5.41, 5.74) is 5.93. The number of piperazine rings is 1. The van der Waals surface area contributed by atoms with Gasteiger partial charge >= 0.3 is 0 Å². The molecule has 0 aromatic heterocycles. The lowest BCUT2D eigenvalue weighted by Gasteiger charge is -2.34. The van der Waals surface area contributed by atoms with Gasteiger partial charge in [0.05, 0.1) is 17.1 Å². The number of nitrogens with one attached hydrogen (secondary N) is 3. The number of rotatable bonds is 6. The molecule has 2 heterocycles. The van der Waals surface area contributed by atoms with Crippen LogP contribution in [0, 0.1) is 0 Å². The van der Waals surface area contributed by atoms with Gasteiger partial charge in [-0.3, -0.25) is 4.99 Å². The average Bonchev–Trinajstić information content (AvgIpc) is 2.73. The van der Waals surface area contributed by atoms with Gasteiger partial charge in [0, 0.05) is 51.7 Å². The van der Waals surface area contributed by atoms with Crippen LogP contribution < -0.4 is 16.0 Å². The van der Waals surface area contributed by atoms with Crippen LogP contribution in [-0.2, 0) is 0 Å². The largest absolute Gasteiger partial charge is 0.386 e. The van der Waals surface area contributed by atoms with Crippen molar-refractivity contribution in [1.29, 1.82) is 0 Å². The second-order valence-corrected chi connectivity index (χ2v) is 6.76. The third-order valence-electron chi connectivity index (χ3n) is 4.76. The first-order chi connectivity index (χ1) is 13.3. The fourth-order valence-electron chi connectivity index (χ4n) is 3.40. The summed E-state index contributed by atoms with van der Waals surface area (Å²) in [5, 5.41) is 10.4. The average molecular weight is 366 g/mol. The number of aliphatic imine (C=N–C) groups is 1. The molecule has 144 valence electrons. The van der Waals surface area contributed by atoms with E-state index in [1.54, 1.807) is 0 Å². The molecule has 1 aliphatic carbocycles. The minimum absolute atomic E-state index is 0.779. The minimum atomic E-state index is 0.779. The monoisotopic (exact) mass is 365 g/mol. The van der Waals surface area contributed by atoms with E-state index >= 15 is 0 Å². The normalized spacial score (nSPS) is 23.3. The standard InChI is InChI=1S/C22H31N5/c1-3-5-19-7-6-18(15-20(19)25-9-4-2)16-26-21-17-24-10-8-22(21)27-13-11-23-12-14-27/h4-9,15,17,23-24,26H,3,10-14,16H2,1-2H3/b9-4-,19-5+,25-20+. The molecule has 5 nitrogen and oxygen atoms in total. The van der Waals surface area contributed by atoms with Gasteiger partial charge in [0.2, 0.25) is 0 Å². The van der Waals surface area contributed by atoms with Crippen LogP contribution in [-0.4, -0.2) is 49.9 Å². The van der Waals surface area contributed by atoms with E-state index < -0.39 is 0 Å². The molecule has 1 fully saturated rings. The first-order valence-corrected chi connectivity index (χ1v) is 9.93. The number of hydrogen-bond donors (Lipinski definition) is 3. The molecule has 3 N–H and O–H groups in total. The van der Waals surface area contributed by atoms with E-state index in [-0.39, 0.29) is 0 Å². The molecule has 5 heteroatoms. The summed E-state index contributed by atoms with van der Waals surface area (Å²) in [6.45, 7) is 10.0. The quantitative estimate of drug-likeness (QED) is 0.677. The smallest absolute Gasteiger partial charge is 0.0737 e. The predicted octanol–water partition coefficient (Wildman–Crippen LogP) is 2.62. The zero-order valence-electron chi connectivity index (χ0n) is 16.5. The van der Waals surface area contributed by atoms with Crippen LogP contribution in [0.15, 0.2) is 76.4 Å². The number of allylic oxidation sites excluding steroid dienone is 5. The van der Waals surface area contributed by atoms with Crippen molar-refractivity contribution >= 4 is 5.71 Å². The molecular formula is C22H31N5. The molecule has 0 aromatic carbocycles. The van der Waals surface area contributed by atoms with Gasteiger partial charge in [-0.1, -0.05) is 31.2 Å². The van der Waals surface area contributed by atoms with Gasteiger partial charge < -0.3 is 20.9 Å². The fraction of sp³-hybridized carbons (Fsp3) is 0.409. The van der Waals surface area contributed by atoms with Gasteiger partial charge in [0.15, 0.2) is 0 Å². The van der Waals surface area contributed by atoms with Gasteiger partial charge in [-0.25, -0.2) is 0 Å². The Kier molecular flexibility index (Phi) is 7.11. The maximum absolute atomic E-state index is 4.59. The zero-order valence-corrected chi connectivity index (χ0v) is 16.5. The van der Waals surface area contributed by atoms with Crippen LogP contribution in [0.2, 0.25) is 0 Å². The molecular weight excluding hydrogens is 334 g/mol. The predicted molar refractivity (Wildman–Crippen MR) is 114 cm³/mol. The van der Waals surface area contributed by atoms with Crippen LogP contribution >= 0.6 is 0 Å². The van der Waals surface area contributed by atoms with E-state index in [2.05, 4.69) is 69.3 Å². The summed E-state index contributed by atoms with van der Waals surface area (Å²) in [6.07, 6.45) is 18.0. The molecule has 0 atom stereocenters. The van der Waals surface area contributed by atoms with Gasteiger partial charge in [0.25, 0.3) is 0 Å². The van der Waals surface area contributed by atoms with Gasteiger partial charge in [-0.2, -0.15) is 0 Å². The fourth-order valence-corrected chi connectivity index (χ4v) is 3.40. The highest BCUT2D eigenvalue weighted by Crippen LogP contribution is 2.18.